The molecule has 1 unspecified atom stereocenters. The number of aromatic nitrogens is 1. The van der Waals surface area contributed by atoms with Gasteiger partial charge in [-0.05, 0) is 25.6 Å². The fourth-order valence-corrected chi connectivity index (χ4v) is 3.21. The van der Waals surface area contributed by atoms with Crippen LogP contribution in [0.2, 0.25) is 0 Å². The molecule has 2 rings (SSSR count). The van der Waals surface area contributed by atoms with Gasteiger partial charge in [-0.25, -0.2) is 8.51 Å². The number of amides is 1. The highest BCUT2D eigenvalue weighted by molar-refractivity contribution is 7.82. The maximum Gasteiger partial charge on any atom is 0.265 e. The van der Waals surface area contributed by atoms with Crippen molar-refractivity contribution in [3.63, 3.8) is 0 Å². The van der Waals surface area contributed by atoms with Crippen molar-refractivity contribution in [1.29, 1.82) is 0 Å². The second-order valence-corrected chi connectivity index (χ2v) is 5.99. The van der Waals surface area contributed by atoms with E-state index in [1.165, 1.54) is 0 Å². The molecule has 0 aliphatic carbocycles. The molecule has 0 radical (unpaired) electrons. The molecule has 1 saturated heterocycles. The third-order valence-corrected chi connectivity index (χ3v) is 4.55. The average molecular weight is 270 g/mol. The summed E-state index contributed by atoms with van der Waals surface area (Å²) in [5, 5.41) is 0.547. The molecule has 1 aromatic rings. The maximum absolute atomic E-state index is 12.3. The standard InChI is InChI=1S/C11H18N4O2S/c1-8-7-9(13-10(8)11(12)16)18(17)15-5-3-14(2)4-6-15/h7,13H,3-6H2,1-2H3,(H2,12,16). The van der Waals surface area contributed by atoms with Crippen LogP contribution in [-0.4, -0.2) is 57.5 Å². The van der Waals surface area contributed by atoms with Crippen LogP contribution >= 0.6 is 0 Å². The molecule has 1 aromatic heterocycles. The first-order valence-electron chi connectivity index (χ1n) is 5.84. The summed E-state index contributed by atoms with van der Waals surface area (Å²) in [7, 11) is 0.798. The minimum absolute atomic E-state index is 0.340. The highest BCUT2D eigenvalue weighted by atomic mass is 32.2. The van der Waals surface area contributed by atoms with E-state index in [2.05, 4.69) is 9.88 Å². The molecule has 1 fully saturated rings. The Labute approximate surface area is 109 Å². The topological polar surface area (TPSA) is 82.4 Å². The Morgan fingerprint density at radius 2 is 2.00 bits per heavy atom. The normalized spacial score (nSPS) is 19.9. The number of aromatic amines is 1. The lowest BCUT2D eigenvalue weighted by Gasteiger charge is -2.30. The van der Waals surface area contributed by atoms with Gasteiger partial charge in [0.1, 0.15) is 21.7 Å². The fraction of sp³-hybridized carbons (Fsp3) is 0.545. The van der Waals surface area contributed by atoms with Crippen LogP contribution in [0.25, 0.3) is 0 Å². The Balaban J connectivity index is 2.14. The predicted octanol–water partition coefficient (Wildman–Crippen LogP) is -0.308. The van der Waals surface area contributed by atoms with Crippen molar-refractivity contribution in [2.24, 2.45) is 5.73 Å². The first-order chi connectivity index (χ1) is 8.49. The lowest BCUT2D eigenvalue weighted by atomic mass is 10.3. The first kappa shape index (κ1) is 13.3. The van der Waals surface area contributed by atoms with E-state index in [-0.39, 0.29) is 0 Å². The summed E-state index contributed by atoms with van der Waals surface area (Å²) in [5.74, 6) is -0.519. The van der Waals surface area contributed by atoms with Crippen molar-refractivity contribution in [3.8, 4) is 0 Å². The van der Waals surface area contributed by atoms with Crippen molar-refractivity contribution in [1.82, 2.24) is 14.2 Å². The number of rotatable bonds is 3. The van der Waals surface area contributed by atoms with Gasteiger partial charge in [0.2, 0.25) is 0 Å². The number of aryl methyl sites for hydroxylation is 1. The SMILES string of the molecule is Cc1cc(S(=O)N2CCN(C)CC2)[nH]c1C(N)=O. The molecule has 100 valence electrons. The summed E-state index contributed by atoms with van der Waals surface area (Å²) in [6.45, 7) is 5.09. The number of nitrogens with one attached hydrogen (secondary N) is 1. The Kier molecular flexibility index (Phi) is 3.84. The predicted molar refractivity (Wildman–Crippen MR) is 69.5 cm³/mol. The van der Waals surface area contributed by atoms with Gasteiger partial charge in [-0.3, -0.25) is 4.79 Å². The van der Waals surface area contributed by atoms with Crippen LogP contribution < -0.4 is 5.73 Å². The van der Waals surface area contributed by atoms with Gasteiger partial charge in [0.25, 0.3) is 5.91 Å². The van der Waals surface area contributed by atoms with E-state index in [0.29, 0.717) is 10.7 Å². The number of primary amides is 1. The fourth-order valence-electron chi connectivity index (χ4n) is 1.97. The molecule has 0 aromatic carbocycles. The highest BCUT2D eigenvalue weighted by Gasteiger charge is 2.22. The monoisotopic (exact) mass is 270 g/mol. The molecule has 18 heavy (non-hydrogen) atoms. The van der Waals surface area contributed by atoms with Gasteiger partial charge in [0, 0.05) is 26.2 Å². The third-order valence-electron chi connectivity index (χ3n) is 3.12. The van der Waals surface area contributed by atoms with Crippen molar-refractivity contribution < 1.29 is 9.00 Å². The van der Waals surface area contributed by atoms with Gasteiger partial charge >= 0.3 is 0 Å². The number of H-pyrrole nitrogens is 1. The van der Waals surface area contributed by atoms with Crippen molar-refractivity contribution in [2.75, 3.05) is 33.2 Å². The number of carbonyl (C=O) groups is 1. The smallest absolute Gasteiger partial charge is 0.265 e. The Morgan fingerprint density at radius 3 is 2.50 bits per heavy atom. The summed E-state index contributed by atoms with van der Waals surface area (Å²) >= 11 is 0. The number of likely N-dealkylation sites (N-methyl/N-ethyl adjacent to an activating group) is 1. The molecule has 1 aliphatic rings. The van der Waals surface area contributed by atoms with Crippen LogP contribution in [0, 0.1) is 6.92 Å². The van der Waals surface area contributed by atoms with Crippen molar-refractivity contribution in [3.05, 3.63) is 17.3 Å². The van der Waals surface area contributed by atoms with E-state index in [4.69, 9.17) is 5.73 Å². The second kappa shape index (κ2) is 5.21. The minimum Gasteiger partial charge on any atom is -0.364 e. The molecule has 1 atom stereocenters. The summed E-state index contributed by atoms with van der Waals surface area (Å²) in [6.07, 6.45) is 0. The maximum atomic E-state index is 12.3. The molecule has 1 amide bonds. The number of carbonyl (C=O) groups excluding carboxylic acids is 1. The van der Waals surface area contributed by atoms with Crippen LogP contribution in [0.15, 0.2) is 11.1 Å². The highest BCUT2D eigenvalue weighted by Crippen LogP contribution is 2.16. The molecule has 3 N–H and O–H groups in total. The van der Waals surface area contributed by atoms with Gasteiger partial charge in [0.05, 0.1) is 0 Å². The number of hydrogen-bond acceptors (Lipinski definition) is 3. The van der Waals surface area contributed by atoms with Crippen LogP contribution in [0.1, 0.15) is 16.1 Å². The van der Waals surface area contributed by atoms with E-state index in [1.807, 2.05) is 11.4 Å². The summed E-state index contributed by atoms with van der Waals surface area (Å²) in [4.78, 5) is 16.2. The van der Waals surface area contributed by atoms with E-state index < -0.39 is 16.9 Å². The zero-order valence-electron chi connectivity index (χ0n) is 10.6. The van der Waals surface area contributed by atoms with Gasteiger partial charge in [-0.1, -0.05) is 0 Å². The molecule has 0 saturated carbocycles. The van der Waals surface area contributed by atoms with Gasteiger partial charge in [-0.15, -0.1) is 0 Å². The van der Waals surface area contributed by atoms with Crippen LogP contribution in [-0.2, 0) is 11.0 Å². The molecular formula is C11H18N4O2S. The largest absolute Gasteiger partial charge is 0.364 e. The zero-order chi connectivity index (χ0) is 13.3. The molecule has 0 spiro atoms. The summed E-state index contributed by atoms with van der Waals surface area (Å²) < 4.78 is 14.2. The lowest BCUT2D eigenvalue weighted by molar-refractivity contribution is 0.0995. The summed E-state index contributed by atoms with van der Waals surface area (Å²) in [5.41, 5.74) is 6.31. The third kappa shape index (κ3) is 2.63. The number of piperazine rings is 1. The molecule has 2 heterocycles. The minimum atomic E-state index is -1.25. The van der Waals surface area contributed by atoms with Crippen molar-refractivity contribution >= 4 is 16.9 Å². The second-order valence-electron chi connectivity index (χ2n) is 4.54. The van der Waals surface area contributed by atoms with Gasteiger partial charge < -0.3 is 15.6 Å². The number of nitrogens with two attached hydrogens (primary N) is 1. The van der Waals surface area contributed by atoms with Gasteiger partial charge in [-0.2, -0.15) is 0 Å². The summed E-state index contributed by atoms with van der Waals surface area (Å²) in [6, 6.07) is 1.73. The van der Waals surface area contributed by atoms with Crippen molar-refractivity contribution in [2.45, 2.75) is 11.9 Å². The molecule has 7 heteroatoms. The number of nitrogens with zero attached hydrogens (tertiary/aromatic N) is 2. The molecule has 0 bridgehead atoms. The molecular weight excluding hydrogens is 252 g/mol. The van der Waals surface area contributed by atoms with Crippen LogP contribution in [0.3, 0.4) is 0 Å². The molecule has 1 aliphatic heterocycles. The number of hydrogen-bond donors (Lipinski definition) is 2. The first-order valence-corrected chi connectivity index (χ1v) is 6.94. The van der Waals surface area contributed by atoms with Gasteiger partial charge in [0.15, 0.2) is 0 Å². The van der Waals surface area contributed by atoms with E-state index in [0.717, 1.165) is 31.7 Å². The van der Waals surface area contributed by atoms with E-state index in [1.54, 1.807) is 13.0 Å². The van der Waals surface area contributed by atoms with Crippen LogP contribution in [0.4, 0.5) is 0 Å². The van der Waals surface area contributed by atoms with E-state index >= 15 is 0 Å². The average Bonchev–Trinajstić information content (AvgIpc) is 2.71. The quantitative estimate of drug-likeness (QED) is 0.790. The zero-order valence-corrected chi connectivity index (χ0v) is 11.4. The molecule has 6 nitrogen and oxygen atoms in total. The Hall–Kier alpha value is -1.18. The Bertz CT molecular complexity index is 477. The lowest BCUT2D eigenvalue weighted by Crippen LogP contribution is -2.45. The Morgan fingerprint density at radius 1 is 1.39 bits per heavy atom. The van der Waals surface area contributed by atoms with Crippen LogP contribution in [0.5, 0.6) is 0 Å². The van der Waals surface area contributed by atoms with E-state index in [9.17, 15) is 9.00 Å².